The first-order chi connectivity index (χ1) is 12.2. The smallest absolute Gasteiger partial charge is 0.385 e. The monoisotopic (exact) mass is 369 g/mol. The molecular weight excluding hydrogens is 350 g/mol. The molecule has 1 atom stereocenters. The van der Waals surface area contributed by atoms with Gasteiger partial charge in [0.15, 0.2) is 0 Å². The number of aliphatic imine (C=N–C) groups is 2. The van der Waals surface area contributed by atoms with Gasteiger partial charge < -0.3 is 10.5 Å². The van der Waals surface area contributed by atoms with Gasteiger partial charge in [-0.2, -0.15) is 4.99 Å². The maximum absolute atomic E-state index is 12.2. The summed E-state index contributed by atoms with van der Waals surface area (Å²) in [6.45, 7) is 7.16. The van der Waals surface area contributed by atoms with Gasteiger partial charge in [0, 0.05) is 11.8 Å². The molecule has 134 valence electrons. The molecule has 0 fully saturated rings. The van der Waals surface area contributed by atoms with Crippen LogP contribution < -0.4 is 0 Å². The number of carbonyl (C=O) groups excluding carboxylic acids is 1. The van der Waals surface area contributed by atoms with Crippen LogP contribution in [0, 0.1) is 0 Å². The second kappa shape index (κ2) is 7.64. The van der Waals surface area contributed by atoms with Crippen LogP contribution in [0.3, 0.4) is 0 Å². The zero-order valence-electron chi connectivity index (χ0n) is 15.0. The van der Waals surface area contributed by atoms with Crippen LogP contribution in [-0.2, 0) is 15.7 Å². The molecular formula is C19H19N3O3S. The number of carboxylic acids is 1. The van der Waals surface area contributed by atoms with Crippen molar-refractivity contribution >= 4 is 40.0 Å². The first-order valence-corrected chi connectivity index (χ1v) is 9.07. The maximum Gasteiger partial charge on any atom is 0.385 e. The van der Waals surface area contributed by atoms with E-state index in [1.54, 1.807) is 19.1 Å². The predicted octanol–water partition coefficient (Wildman–Crippen LogP) is 3.58. The highest BCUT2D eigenvalue weighted by atomic mass is 32.2. The number of carboxylic acid groups (broad SMARTS) is 1. The third-order valence-corrected chi connectivity index (χ3v) is 6.36. The highest BCUT2D eigenvalue weighted by Crippen LogP contribution is 2.40. The summed E-state index contributed by atoms with van der Waals surface area (Å²) in [5.41, 5.74) is 1.24. The lowest BCUT2D eigenvalue weighted by molar-refractivity contribution is -0.131. The molecule has 0 saturated carbocycles. The normalized spacial score (nSPS) is 19.3. The van der Waals surface area contributed by atoms with Crippen molar-refractivity contribution < 1.29 is 14.7 Å². The highest BCUT2D eigenvalue weighted by molar-refractivity contribution is 8.17. The van der Waals surface area contributed by atoms with E-state index in [1.165, 1.54) is 6.21 Å². The molecule has 1 N–H and O–H groups in total. The number of carbonyl (C=O) groups is 2. The molecule has 1 aromatic carbocycles. The highest BCUT2D eigenvalue weighted by Gasteiger charge is 2.54. The molecule has 0 aromatic heterocycles. The van der Waals surface area contributed by atoms with Crippen LogP contribution in [-0.4, -0.2) is 39.0 Å². The van der Waals surface area contributed by atoms with E-state index in [2.05, 4.69) is 9.98 Å². The van der Waals surface area contributed by atoms with Crippen LogP contribution in [0.2, 0.25) is 0 Å². The van der Waals surface area contributed by atoms with Crippen molar-refractivity contribution in [3.8, 4) is 0 Å². The summed E-state index contributed by atoms with van der Waals surface area (Å²) in [7, 11) is -1.00. The molecule has 0 saturated heterocycles. The summed E-state index contributed by atoms with van der Waals surface area (Å²) in [4.78, 5) is 31.9. The van der Waals surface area contributed by atoms with Gasteiger partial charge in [0.1, 0.15) is 4.75 Å². The van der Waals surface area contributed by atoms with Gasteiger partial charge in [-0.25, -0.2) is 9.59 Å². The van der Waals surface area contributed by atoms with E-state index in [0.717, 1.165) is 5.56 Å². The van der Waals surface area contributed by atoms with E-state index in [1.807, 2.05) is 44.8 Å². The molecule has 1 heterocycles. The Kier molecular flexibility index (Phi) is 5.75. The number of urea groups is 1. The minimum Gasteiger partial charge on any atom is -0.763 e. The van der Waals surface area contributed by atoms with Crippen molar-refractivity contribution in [2.45, 2.75) is 32.4 Å². The Labute approximate surface area is 154 Å². The van der Waals surface area contributed by atoms with E-state index < -0.39 is 27.6 Å². The minimum atomic E-state index is -1.10. The fraction of sp³-hybridized carbons (Fsp3) is 0.263. The fourth-order valence-electron chi connectivity index (χ4n) is 2.49. The van der Waals surface area contributed by atoms with E-state index in [4.69, 9.17) is 0 Å². The van der Waals surface area contributed by atoms with Crippen LogP contribution in [0.5, 0.6) is 0 Å². The van der Waals surface area contributed by atoms with E-state index >= 15 is 0 Å². The molecule has 1 aliphatic heterocycles. The molecule has 1 aliphatic rings. The van der Waals surface area contributed by atoms with Gasteiger partial charge in [-0.15, -0.1) is 4.99 Å². The van der Waals surface area contributed by atoms with Crippen LogP contribution in [0.25, 0.3) is 5.41 Å². The van der Waals surface area contributed by atoms with Crippen LogP contribution in [0.1, 0.15) is 33.3 Å². The Morgan fingerprint density at radius 1 is 1.23 bits per heavy atom. The summed E-state index contributed by atoms with van der Waals surface area (Å²) in [5.74, 6) is 0.899. The van der Waals surface area contributed by atoms with E-state index in [0.29, 0.717) is 5.57 Å². The zero-order valence-corrected chi connectivity index (χ0v) is 15.8. The quantitative estimate of drug-likeness (QED) is 0.637. The second-order valence-corrected chi connectivity index (χ2v) is 9.17. The lowest BCUT2D eigenvalue weighted by Crippen LogP contribution is -2.35. The SMILES string of the molecule is CC1=C(C(=O)O)[S+](C(C)(C)C)C(=NC(=O)N=Cc2ccccc2)C1=C=[N-]. The number of hydrogen-bond acceptors (Lipinski definition) is 2. The Morgan fingerprint density at radius 3 is 2.35 bits per heavy atom. The molecule has 0 aliphatic carbocycles. The molecule has 0 bridgehead atoms. The minimum absolute atomic E-state index is 0.132. The number of allylic oxidation sites excluding steroid dienone is 1. The first kappa shape index (κ1) is 19.6. The van der Waals surface area contributed by atoms with Gasteiger partial charge in [-0.1, -0.05) is 30.3 Å². The van der Waals surface area contributed by atoms with Crippen molar-refractivity contribution in [3.05, 3.63) is 57.4 Å². The Balaban J connectivity index is 2.47. The summed E-state index contributed by atoms with van der Waals surface area (Å²) in [5, 5.41) is 19.3. The third-order valence-electron chi connectivity index (χ3n) is 3.57. The van der Waals surface area contributed by atoms with Crippen molar-refractivity contribution in [3.63, 3.8) is 0 Å². The molecule has 0 radical (unpaired) electrons. The van der Waals surface area contributed by atoms with Gasteiger partial charge in [0.25, 0.3) is 9.95 Å². The van der Waals surface area contributed by atoms with Crippen LogP contribution >= 0.6 is 0 Å². The Morgan fingerprint density at radius 2 is 1.85 bits per heavy atom. The van der Waals surface area contributed by atoms with Crippen molar-refractivity contribution in [1.82, 2.24) is 0 Å². The van der Waals surface area contributed by atoms with Gasteiger partial charge >= 0.3 is 12.0 Å². The van der Waals surface area contributed by atoms with Crippen molar-refractivity contribution in [1.29, 1.82) is 0 Å². The third kappa shape index (κ3) is 4.07. The molecule has 7 heteroatoms. The van der Waals surface area contributed by atoms with Gasteiger partial charge in [0.05, 0.1) is 16.5 Å². The number of aliphatic carboxylic acids is 1. The number of nitrogens with zero attached hydrogens (tertiary/aromatic N) is 3. The molecule has 2 amide bonds. The maximum atomic E-state index is 12.2. The Bertz CT molecular complexity index is 886. The fourth-order valence-corrected chi connectivity index (χ4v) is 5.03. The number of benzene rings is 1. The second-order valence-electron chi connectivity index (χ2n) is 6.53. The standard InChI is InChI=1S/C19H19N3O3S/c1-12-14(10-20)16(26(19(2,3)4)15(12)17(23)24)22-18(25)21-11-13-8-6-5-7-9-13/h5-9,11H,1-4H3,(H,23,24). The Hall–Kier alpha value is -2.76. The topological polar surface area (TPSA) is 101 Å². The number of hydrogen-bond donors (Lipinski definition) is 1. The van der Waals surface area contributed by atoms with Crippen LogP contribution in [0.4, 0.5) is 4.79 Å². The van der Waals surface area contributed by atoms with Crippen molar-refractivity contribution in [2.75, 3.05) is 0 Å². The average Bonchev–Trinajstić information content (AvgIpc) is 2.85. The summed E-state index contributed by atoms with van der Waals surface area (Å²) in [6.07, 6.45) is 1.39. The summed E-state index contributed by atoms with van der Waals surface area (Å²) in [6, 6.07) is 8.31. The van der Waals surface area contributed by atoms with Gasteiger partial charge in [0.2, 0.25) is 0 Å². The lowest BCUT2D eigenvalue weighted by Gasteiger charge is -2.17. The average molecular weight is 369 g/mol. The molecule has 1 unspecified atom stereocenters. The van der Waals surface area contributed by atoms with Crippen LogP contribution in [0.15, 0.2) is 56.4 Å². The summed E-state index contributed by atoms with van der Waals surface area (Å²) < 4.78 is -0.504. The van der Waals surface area contributed by atoms with E-state index in [-0.39, 0.29) is 15.5 Å². The lowest BCUT2D eigenvalue weighted by atomic mass is 10.1. The molecule has 1 aromatic rings. The molecule has 2 rings (SSSR count). The number of rotatable bonds is 2. The largest absolute Gasteiger partial charge is 0.763 e. The zero-order chi connectivity index (χ0) is 19.5. The number of amides is 2. The molecule has 26 heavy (non-hydrogen) atoms. The predicted molar refractivity (Wildman–Crippen MR) is 106 cm³/mol. The first-order valence-electron chi connectivity index (χ1n) is 7.85. The van der Waals surface area contributed by atoms with Crippen molar-refractivity contribution in [2.24, 2.45) is 9.98 Å². The van der Waals surface area contributed by atoms with E-state index in [9.17, 15) is 20.1 Å². The summed E-state index contributed by atoms with van der Waals surface area (Å²) >= 11 is 0. The van der Waals surface area contributed by atoms with Gasteiger partial charge in [-0.05, 0) is 33.3 Å². The molecule has 6 nitrogen and oxygen atoms in total. The molecule has 0 spiro atoms. The van der Waals surface area contributed by atoms with Gasteiger partial charge in [-0.3, -0.25) is 5.87 Å².